The molecule has 136 valence electrons. The second-order valence-corrected chi connectivity index (χ2v) is 8.34. The van der Waals surface area contributed by atoms with Crippen molar-refractivity contribution in [3.63, 3.8) is 0 Å². The maximum atomic E-state index is 10.5. The lowest BCUT2D eigenvalue weighted by atomic mass is 10.00. The van der Waals surface area contributed by atoms with Gasteiger partial charge in [0.15, 0.2) is 11.6 Å². The van der Waals surface area contributed by atoms with Crippen LogP contribution in [0.4, 0.5) is 5.82 Å². The van der Waals surface area contributed by atoms with Gasteiger partial charge in [0.25, 0.3) is 0 Å². The summed E-state index contributed by atoms with van der Waals surface area (Å²) >= 11 is 8.56. The van der Waals surface area contributed by atoms with Gasteiger partial charge in [-0.15, -0.1) is 0 Å². The molecular weight excluding hydrogens is 457 g/mol. The van der Waals surface area contributed by atoms with E-state index in [1.54, 1.807) is 3.11 Å². The number of aryl methyl sites for hydroxylation is 1. The number of aromatic nitrogens is 1. The van der Waals surface area contributed by atoms with Crippen molar-refractivity contribution in [1.29, 1.82) is 0 Å². The first-order valence-corrected chi connectivity index (χ1v) is 9.73. The topological polar surface area (TPSA) is 64.4 Å². The molecule has 1 saturated heterocycles. The normalized spacial score (nSPS) is 29.2. The van der Waals surface area contributed by atoms with Gasteiger partial charge in [-0.2, -0.15) is 0 Å². The highest BCUT2D eigenvalue weighted by Gasteiger charge is 2.41. The maximum Gasteiger partial charge on any atom is 0.237 e. The van der Waals surface area contributed by atoms with E-state index in [9.17, 15) is 5.11 Å². The number of nitrogens with zero attached hydrogens (tertiary/aromatic N) is 5. The number of likely N-dealkylation sites (N-methyl/N-ethyl adjacent to an activating group) is 1. The highest BCUT2D eigenvalue weighted by atomic mass is 127. The number of hydrogen-bond donors (Lipinski definition) is 1. The van der Waals surface area contributed by atoms with Crippen molar-refractivity contribution in [3.05, 3.63) is 16.3 Å². The number of amidine groups is 1. The lowest BCUT2D eigenvalue weighted by molar-refractivity contribution is 0.0824. The van der Waals surface area contributed by atoms with Crippen LogP contribution in [0.3, 0.4) is 0 Å². The SMILES string of the molecule is Cc1nc2c3c(c1Cl)OCCC1CN(C)CC(C)N1C3=NC(O)N2I. The van der Waals surface area contributed by atoms with E-state index >= 15 is 0 Å². The zero-order chi connectivity index (χ0) is 17.9. The van der Waals surface area contributed by atoms with Gasteiger partial charge in [-0.3, -0.25) is 3.11 Å². The molecular formula is C16H21ClIN5O2. The molecule has 0 radical (unpaired) electrons. The fraction of sp³-hybridized carbons (Fsp3) is 0.625. The van der Waals surface area contributed by atoms with Gasteiger partial charge in [-0.25, -0.2) is 9.98 Å². The maximum absolute atomic E-state index is 10.5. The smallest absolute Gasteiger partial charge is 0.237 e. The Morgan fingerprint density at radius 1 is 1.36 bits per heavy atom. The fourth-order valence-corrected chi connectivity index (χ4v) is 4.66. The van der Waals surface area contributed by atoms with Crippen LogP contribution < -0.4 is 7.85 Å². The van der Waals surface area contributed by atoms with E-state index < -0.39 is 6.35 Å². The summed E-state index contributed by atoms with van der Waals surface area (Å²) in [5.41, 5.74) is 1.48. The first-order valence-electron chi connectivity index (χ1n) is 8.39. The van der Waals surface area contributed by atoms with Crippen LogP contribution in [0.1, 0.15) is 24.6 Å². The van der Waals surface area contributed by atoms with Crippen LogP contribution in [0.15, 0.2) is 4.99 Å². The molecule has 0 saturated carbocycles. The number of aliphatic hydroxyl groups is 1. The summed E-state index contributed by atoms with van der Waals surface area (Å²) in [4.78, 5) is 13.9. The summed E-state index contributed by atoms with van der Waals surface area (Å²) in [7, 11) is 2.14. The molecule has 25 heavy (non-hydrogen) atoms. The van der Waals surface area contributed by atoms with Crippen molar-refractivity contribution < 1.29 is 9.84 Å². The summed E-state index contributed by atoms with van der Waals surface area (Å²) in [5.74, 6) is 2.02. The van der Waals surface area contributed by atoms with Gasteiger partial charge < -0.3 is 19.6 Å². The Hall–Kier alpha value is -0.840. The van der Waals surface area contributed by atoms with Crippen molar-refractivity contribution in [2.75, 3.05) is 29.9 Å². The van der Waals surface area contributed by atoms with Gasteiger partial charge in [-0.05, 0) is 20.9 Å². The Kier molecular flexibility index (Phi) is 4.50. The van der Waals surface area contributed by atoms with Crippen molar-refractivity contribution in [2.24, 2.45) is 4.99 Å². The second kappa shape index (κ2) is 6.40. The molecule has 1 aromatic rings. The standard InChI is InChI=1S/C16H21ClIN5O2/c1-8-6-21(3)7-10-4-5-25-13-11-14(22(8)10)20-16(24)23(18)15(11)19-9(2)12(13)17/h8,10,16,24H,4-7H2,1-3H3. The number of halogens is 2. The van der Waals surface area contributed by atoms with E-state index in [0.29, 0.717) is 28.9 Å². The van der Waals surface area contributed by atoms with Crippen molar-refractivity contribution in [1.82, 2.24) is 14.8 Å². The van der Waals surface area contributed by atoms with E-state index in [4.69, 9.17) is 16.3 Å². The molecule has 0 amide bonds. The monoisotopic (exact) mass is 477 g/mol. The highest BCUT2D eigenvalue weighted by molar-refractivity contribution is 14.1. The van der Waals surface area contributed by atoms with Gasteiger partial charge in [-0.1, -0.05) is 11.6 Å². The third-order valence-corrected chi connectivity index (χ3v) is 6.42. The van der Waals surface area contributed by atoms with Crippen molar-refractivity contribution in [3.8, 4) is 5.75 Å². The fourth-order valence-electron chi connectivity index (χ4n) is 3.99. The Morgan fingerprint density at radius 2 is 2.12 bits per heavy atom. The van der Waals surface area contributed by atoms with Crippen LogP contribution in [0.2, 0.25) is 5.02 Å². The van der Waals surface area contributed by atoms with Gasteiger partial charge >= 0.3 is 0 Å². The number of aliphatic imine (C=N–C) groups is 1. The third-order valence-electron chi connectivity index (χ3n) is 5.02. The van der Waals surface area contributed by atoms with Crippen LogP contribution in [-0.4, -0.2) is 70.9 Å². The number of ether oxygens (including phenoxy) is 1. The largest absolute Gasteiger partial charge is 0.491 e. The van der Waals surface area contributed by atoms with Crippen molar-refractivity contribution in [2.45, 2.75) is 38.7 Å². The van der Waals surface area contributed by atoms with Gasteiger partial charge in [0.05, 0.1) is 35.2 Å². The molecule has 0 aliphatic carbocycles. The number of piperazine rings is 1. The summed E-state index contributed by atoms with van der Waals surface area (Å²) in [5, 5.41) is 11.0. The highest BCUT2D eigenvalue weighted by Crippen LogP contribution is 2.43. The zero-order valence-corrected chi connectivity index (χ0v) is 17.3. The van der Waals surface area contributed by atoms with Crippen LogP contribution in [0.25, 0.3) is 0 Å². The Balaban J connectivity index is 1.94. The van der Waals surface area contributed by atoms with Crippen molar-refractivity contribution >= 4 is 46.1 Å². The molecule has 4 rings (SSSR count). The van der Waals surface area contributed by atoms with Crippen LogP contribution in [0.5, 0.6) is 5.75 Å². The minimum absolute atomic E-state index is 0.273. The Morgan fingerprint density at radius 3 is 2.88 bits per heavy atom. The molecule has 3 atom stereocenters. The van der Waals surface area contributed by atoms with Crippen LogP contribution in [-0.2, 0) is 0 Å². The summed E-state index contributed by atoms with van der Waals surface area (Å²) < 4.78 is 7.71. The lowest BCUT2D eigenvalue weighted by Crippen LogP contribution is -2.60. The molecule has 3 aliphatic heterocycles. The molecule has 3 unspecified atom stereocenters. The van der Waals surface area contributed by atoms with E-state index in [1.165, 1.54) is 0 Å². The van der Waals surface area contributed by atoms with Gasteiger partial charge in [0, 0.05) is 31.6 Å². The molecule has 0 spiro atoms. The first kappa shape index (κ1) is 17.6. The number of rotatable bonds is 0. The number of anilines is 1. The summed E-state index contributed by atoms with van der Waals surface area (Å²) in [6.07, 6.45) is -0.0968. The van der Waals surface area contributed by atoms with Gasteiger partial charge in [0.2, 0.25) is 6.35 Å². The average Bonchev–Trinajstić information content (AvgIpc) is 2.53. The first-order chi connectivity index (χ1) is 11.9. The molecule has 7 nitrogen and oxygen atoms in total. The molecule has 0 aromatic carbocycles. The van der Waals surface area contributed by atoms with Crippen LogP contribution >= 0.6 is 34.5 Å². The Labute approximate surface area is 166 Å². The number of fused-ring (bicyclic) bond motifs is 2. The molecule has 4 heterocycles. The summed E-state index contributed by atoms with van der Waals surface area (Å²) in [6, 6.07) is 0.552. The molecule has 9 heteroatoms. The number of pyridine rings is 1. The van der Waals surface area contributed by atoms with E-state index in [1.807, 2.05) is 29.8 Å². The predicted octanol–water partition coefficient (Wildman–Crippen LogP) is 2.02. The Bertz CT molecular complexity index is 746. The lowest BCUT2D eigenvalue weighted by Gasteiger charge is -2.48. The zero-order valence-electron chi connectivity index (χ0n) is 14.4. The quantitative estimate of drug-likeness (QED) is 0.456. The molecule has 3 aliphatic rings. The molecule has 1 fully saturated rings. The van der Waals surface area contributed by atoms with Gasteiger partial charge in [0.1, 0.15) is 16.4 Å². The van der Waals surface area contributed by atoms with E-state index in [-0.39, 0.29) is 12.1 Å². The molecule has 0 bridgehead atoms. The minimum atomic E-state index is -0.976. The third kappa shape index (κ3) is 2.77. The molecule has 1 aromatic heterocycles. The second-order valence-electron chi connectivity index (χ2n) is 6.92. The number of hydrogen-bond acceptors (Lipinski definition) is 7. The average molecular weight is 478 g/mol. The van der Waals surface area contributed by atoms with E-state index in [2.05, 4.69) is 33.7 Å². The minimum Gasteiger partial charge on any atom is -0.491 e. The predicted molar refractivity (Wildman–Crippen MR) is 106 cm³/mol. The molecule has 1 N–H and O–H groups in total. The van der Waals surface area contributed by atoms with Crippen LogP contribution in [0, 0.1) is 6.92 Å². The summed E-state index contributed by atoms with van der Waals surface area (Å²) in [6.45, 7) is 6.52. The number of aliphatic hydroxyl groups excluding tert-OH is 1. The van der Waals surface area contributed by atoms with E-state index in [0.717, 1.165) is 30.9 Å².